The van der Waals surface area contributed by atoms with Crippen LogP contribution in [0.1, 0.15) is 55.7 Å². The topological polar surface area (TPSA) is 47.3 Å². The van der Waals surface area contributed by atoms with Gasteiger partial charge >= 0.3 is 0 Å². The summed E-state index contributed by atoms with van der Waals surface area (Å²) in [5.41, 5.74) is 5.43. The molecule has 1 aromatic rings. The number of nitrogens with two attached hydrogens (primary N) is 1. The fourth-order valence-corrected chi connectivity index (χ4v) is 3.17. The molecule has 0 heterocycles. The van der Waals surface area contributed by atoms with Crippen molar-refractivity contribution in [1.82, 2.24) is 5.43 Å². The van der Waals surface area contributed by atoms with Crippen LogP contribution < -0.4 is 16.0 Å². The Bertz CT molecular complexity index is 400. The molecule has 0 aliphatic heterocycles. The molecule has 1 saturated carbocycles. The average Bonchev–Trinajstić information content (AvgIpc) is 2.46. The number of hydrogen-bond donors (Lipinski definition) is 2. The molecule has 1 atom stereocenters. The van der Waals surface area contributed by atoms with Gasteiger partial charge in [-0.2, -0.15) is 0 Å². The van der Waals surface area contributed by atoms with Crippen molar-refractivity contribution in [3.63, 3.8) is 0 Å². The van der Waals surface area contributed by atoms with E-state index in [1.54, 1.807) is 7.11 Å². The predicted octanol–water partition coefficient (Wildman–Crippen LogP) is 3.48. The van der Waals surface area contributed by atoms with Crippen LogP contribution in [0.25, 0.3) is 0 Å². The second kappa shape index (κ2) is 6.92. The van der Waals surface area contributed by atoms with Gasteiger partial charge in [0, 0.05) is 6.04 Å². The van der Waals surface area contributed by atoms with Crippen molar-refractivity contribution in [2.75, 3.05) is 7.11 Å². The van der Waals surface area contributed by atoms with Crippen molar-refractivity contribution < 1.29 is 4.74 Å². The lowest BCUT2D eigenvalue weighted by Crippen LogP contribution is -2.30. The lowest BCUT2D eigenvalue weighted by molar-refractivity contribution is 0.301. The molecule has 1 aromatic carbocycles. The minimum absolute atomic E-state index is 0.257. The van der Waals surface area contributed by atoms with E-state index in [1.807, 2.05) is 6.07 Å². The van der Waals surface area contributed by atoms with Gasteiger partial charge in [0.1, 0.15) is 5.75 Å². The Labute approximate surface area is 116 Å². The van der Waals surface area contributed by atoms with Crippen molar-refractivity contribution in [2.45, 2.75) is 51.5 Å². The molecule has 0 amide bonds. The summed E-state index contributed by atoms with van der Waals surface area (Å²) in [6.45, 7) is 2.08. The van der Waals surface area contributed by atoms with Gasteiger partial charge in [-0.1, -0.05) is 44.2 Å². The molecular weight excluding hydrogens is 236 g/mol. The Morgan fingerprint density at radius 3 is 2.63 bits per heavy atom. The lowest BCUT2D eigenvalue weighted by Gasteiger charge is -2.26. The maximum atomic E-state index is 5.76. The maximum Gasteiger partial charge on any atom is 0.121 e. The second-order valence-corrected chi connectivity index (χ2v) is 5.69. The monoisotopic (exact) mass is 262 g/mol. The lowest BCUT2D eigenvalue weighted by atomic mass is 9.83. The van der Waals surface area contributed by atoms with E-state index in [1.165, 1.54) is 43.2 Å². The number of hydrazine groups is 1. The number of hydrogen-bond acceptors (Lipinski definition) is 3. The molecule has 3 nitrogen and oxygen atoms in total. The van der Waals surface area contributed by atoms with E-state index in [0.717, 1.165) is 18.1 Å². The minimum atomic E-state index is 0.257. The van der Waals surface area contributed by atoms with Crippen LogP contribution in [0.2, 0.25) is 0 Å². The van der Waals surface area contributed by atoms with E-state index in [9.17, 15) is 0 Å². The number of ether oxygens (including phenoxy) is 1. The third-order valence-electron chi connectivity index (χ3n) is 4.32. The van der Waals surface area contributed by atoms with E-state index in [0.29, 0.717) is 0 Å². The van der Waals surface area contributed by atoms with Crippen LogP contribution in [0.5, 0.6) is 5.75 Å². The van der Waals surface area contributed by atoms with E-state index in [4.69, 9.17) is 10.6 Å². The van der Waals surface area contributed by atoms with Gasteiger partial charge in [0.15, 0.2) is 0 Å². The SMILES string of the molecule is COc1ccc(C(CC2CCCCC2)NN)cc1C. The van der Waals surface area contributed by atoms with Crippen LogP contribution >= 0.6 is 0 Å². The molecule has 0 saturated heterocycles. The normalized spacial score (nSPS) is 18.3. The average molecular weight is 262 g/mol. The van der Waals surface area contributed by atoms with Crippen LogP contribution in [0.3, 0.4) is 0 Å². The van der Waals surface area contributed by atoms with E-state index in [-0.39, 0.29) is 6.04 Å². The maximum absolute atomic E-state index is 5.76. The Hall–Kier alpha value is -1.06. The Balaban J connectivity index is 2.05. The van der Waals surface area contributed by atoms with Gasteiger partial charge in [-0.05, 0) is 36.5 Å². The van der Waals surface area contributed by atoms with Gasteiger partial charge in [0.25, 0.3) is 0 Å². The molecule has 2 rings (SSSR count). The Morgan fingerprint density at radius 1 is 1.32 bits per heavy atom. The fraction of sp³-hybridized carbons (Fsp3) is 0.625. The van der Waals surface area contributed by atoms with Gasteiger partial charge in [-0.3, -0.25) is 11.3 Å². The van der Waals surface area contributed by atoms with Crippen molar-refractivity contribution in [2.24, 2.45) is 11.8 Å². The molecule has 1 aliphatic carbocycles. The zero-order valence-electron chi connectivity index (χ0n) is 12.1. The summed E-state index contributed by atoms with van der Waals surface area (Å²) < 4.78 is 5.31. The van der Waals surface area contributed by atoms with Crippen LogP contribution in [-0.2, 0) is 0 Å². The summed E-state index contributed by atoms with van der Waals surface area (Å²) in [4.78, 5) is 0. The standard InChI is InChI=1S/C16H26N2O/c1-12-10-14(8-9-16(12)19-2)15(18-17)11-13-6-4-3-5-7-13/h8-10,13,15,18H,3-7,11,17H2,1-2H3. The van der Waals surface area contributed by atoms with Crippen LogP contribution in [-0.4, -0.2) is 7.11 Å². The molecule has 0 radical (unpaired) electrons. The third kappa shape index (κ3) is 3.71. The smallest absolute Gasteiger partial charge is 0.121 e. The van der Waals surface area contributed by atoms with E-state index in [2.05, 4.69) is 24.5 Å². The highest BCUT2D eigenvalue weighted by Gasteiger charge is 2.19. The molecule has 1 fully saturated rings. The molecule has 1 aliphatic rings. The summed E-state index contributed by atoms with van der Waals surface area (Å²) in [7, 11) is 1.71. The second-order valence-electron chi connectivity index (χ2n) is 5.69. The van der Waals surface area contributed by atoms with Crippen molar-refractivity contribution in [3.8, 4) is 5.75 Å². The van der Waals surface area contributed by atoms with Crippen LogP contribution in [0, 0.1) is 12.8 Å². The number of methoxy groups -OCH3 is 1. The molecule has 106 valence electrons. The summed E-state index contributed by atoms with van der Waals surface area (Å²) >= 11 is 0. The highest BCUT2D eigenvalue weighted by molar-refractivity contribution is 5.37. The number of aryl methyl sites for hydroxylation is 1. The molecule has 19 heavy (non-hydrogen) atoms. The Kier molecular flexibility index (Phi) is 5.23. The first-order valence-electron chi connectivity index (χ1n) is 7.35. The fourth-order valence-electron chi connectivity index (χ4n) is 3.17. The van der Waals surface area contributed by atoms with Crippen molar-refractivity contribution >= 4 is 0 Å². The summed E-state index contributed by atoms with van der Waals surface area (Å²) in [6.07, 6.45) is 8.01. The predicted molar refractivity (Wildman–Crippen MR) is 79.0 cm³/mol. The zero-order valence-corrected chi connectivity index (χ0v) is 12.1. The van der Waals surface area contributed by atoms with E-state index < -0.39 is 0 Å². The number of rotatable bonds is 5. The Morgan fingerprint density at radius 2 is 2.05 bits per heavy atom. The third-order valence-corrected chi connectivity index (χ3v) is 4.32. The molecule has 0 bridgehead atoms. The number of benzene rings is 1. The van der Waals surface area contributed by atoms with Crippen molar-refractivity contribution in [1.29, 1.82) is 0 Å². The van der Waals surface area contributed by atoms with E-state index >= 15 is 0 Å². The first-order chi connectivity index (χ1) is 9.24. The number of nitrogens with one attached hydrogen (secondary N) is 1. The highest BCUT2D eigenvalue weighted by atomic mass is 16.5. The van der Waals surface area contributed by atoms with Gasteiger partial charge < -0.3 is 4.74 Å². The summed E-state index contributed by atoms with van der Waals surface area (Å²) in [6, 6.07) is 6.61. The first-order valence-corrected chi connectivity index (χ1v) is 7.35. The largest absolute Gasteiger partial charge is 0.496 e. The van der Waals surface area contributed by atoms with Crippen LogP contribution in [0.4, 0.5) is 0 Å². The molecule has 0 spiro atoms. The summed E-state index contributed by atoms with van der Waals surface area (Å²) in [5, 5.41) is 0. The van der Waals surface area contributed by atoms with Gasteiger partial charge in [-0.25, -0.2) is 0 Å². The first kappa shape index (κ1) is 14.4. The molecule has 1 unspecified atom stereocenters. The molecule has 0 aromatic heterocycles. The van der Waals surface area contributed by atoms with Gasteiger partial charge in [-0.15, -0.1) is 0 Å². The quantitative estimate of drug-likeness (QED) is 0.631. The summed E-state index contributed by atoms with van der Waals surface area (Å²) in [5.74, 6) is 7.52. The molecule has 3 N–H and O–H groups in total. The molecular formula is C16H26N2O. The zero-order chi connectivity index (χ0) is 13.7. The minimum Gasteiger partial charge on any atom is -0.496 e. The highest BCUT2D eigenvalue weighted by Crippen LogP contribution is 2.32. The van der Waals surface area contributed by atoms with Gasteiger partial charge in [0.2, 0.25) is 0 Å². The van der Waals surface area contributed by atoms with Crippen LogP contribution in [0.15, 0.2) is 18.2 Å². The van der Waals surface area contributed by atoms with Crippen molar-refractivity contribution in [3.05, 3.63) is 29.3 Å². The molecule has 3 heteroatoms. The van der Waals surface area contributed by atoms with Gasteiger partial charge in [0.05, 0.1) is 7.11 Å².